The van der Waals surface area contributed by atoms with E-state index in [2.05, 4.69) is 13.8 Å². The molecule has 0 N–H and O–H groups in total. The van der Waals surface area contributed by atoms with Crippen molar-refractivity contribution >= 4 is 40.2 Å². The van der Waals surface area contributed by atoms with Gasteiger partial charge in [-0.25, -0.2) is 9.79 Å². The SMILES string of the molecule is CCOC(=O)C1=C(c2ccccc2)N=c2s/c(=C3\C(=O)N(Cc4ccccc4)c4ccccc43)c(=O)n2[C@H]1c1ccc(C(C)C)cc1. The standard InChI is InChI=1S/C39H33N3O4S/c1-4-46-38(45)32-33(27-15-9-6-10-16-27)40-39-42(34(32)28-21-19-26(20-22-28)24(2)3)37(44)35(47-39)31-29-17-11-12-18-30(29)41(36(31)43)23-25-13-7-5-8-14-25/h5-22,24,34H,4,23H2,1-3H3/b35-31-/t34-/m0/s1. The van der Waals surface area contributed by atoms with Crippen molar-refractivity contribution in [2.75, 3.05) is 11.5 Å². The van der Waals surface area contributed by atoms with Crippen molar-refractivity contribution in [3.8, 4) is 0 Å². The molecule has 1 amide bonds. The van der Waals surface area contributed by atoms with Gasteiger partial charge in [-0.05, 0) is 35.6 Å². The zero-order valence-electron chi connectivity index (χ0n) is 26.3. The van der Waals surface area contributed by atoms with E-state index in [1.807, 2.05) is 109 Å². The molecular formula is C39H33N3O4S. The van der Waals surface area contributed by atoms with Crippen LogP contribution in [0.1, 0.15) is 60.5 Å². The van der Waals surface area contributed by atoms with Crippen molar-refractivity contribution < 1.29 is 14.3 Å². The van der Waals surface area contributed by atoms with E-state index >= 15 is 0 Å². The Bertz CT molecular complexity index is 2220. The highest BCUT2D eigenvalue weighted by molar-refractivity contribution is 7.07. The number of carbonyl (C=O) groups excluding carboxylic acids is 2. The summed E-state index contributed by atoms with van der Waals surface area (Å²) in [6.45, 7) is 6.53. The maximum Gasteiger partial charge on any atom is 0.338 e. The van der Waals surface area contributed by atoms with Crippen molar-refractivity contribution in [2.24, 2.45) is 4.99 Å². The summed E-state index contributed by atoms with van der Waals surface area (Å²) in [4.78, 5) is 49.9. The number of para-hydroxylation sites is 1. The third-order valence-corrected chi connectivity index (χ3v) is 9.66. The van der Waals surface area contributed by atoms with Gasteiger partial charge in [0.15, 0.2) is 4.80 Å². The molecule has 0 fully saturated rings. The Morgan fingerprint density at radius 3 is 2.21 bits per heavy atom. The number of benzene rings is 4. The number of anilines is 1. The quantitative estimate of drug-likeness (QED) is 0.206. The van der Waals surface area contributed by atoms with Crippen LogP contribution in [0.4, 0.5) is 5.69 Å². The highest BCUT2D eigenvalue weighted by Crippen LogP contribution is 2.38. The fourth-order valence-electron chi connectivity index (χ4n) is 6.29. The van der Waals surface area contributed by atoms with E-state index in [0.717, 1.165) is 27.9 Å². The van der Waals surface area contributed by atoms with Crippen LogP contribution in [0.3, 0.4) is 0 Å². The molecule has 0 radical (unpaired) electrons. The van der Waals surface area contributed by atoms with Crippen LogP contribution in [0.25, 0.3) is 11.3 Å². The molecule has 3 heterocycles. The lowest BCUT2D eigenvalue weighted by molar-refractivity contribution is -0.138. The van der Waals surface area contributed by atoms with E-state index in [9.17, 15) is 14.4 Å². The van der Waals surface area contributed by atoms with Crippen LogP contribution in [0.2, 0.25) is 0 Å². The topological polar surface area (TPSA) is 81.0 Å². The van der Waals surface area contributed by atoms with E-state index in [1.54, 1.807) is 16.4 Å². The zero-order chi connectivity index (χ0) is 32.7. The fraction of sp³-hybridized carbons (Fsp3) is 0.179. The van der Waals surface area contributed by atoms with Gasteiger partial charge < -0.3 is 9.64 Å². The number of aromatic nitrogens is 1. The van der Waals surface area contributed by atoms with Gasteiger partial charge in [-0.2, -0.15) is 0 Å². The Morgan fingerprint density at radius 1 is 0.872 bits per heavy atom. The minimum Gasteiger partial charge on any atom is -0.463 e. The normalized spacial score (nSPS) is 16.6. The van der Waals surface area contributed by atoms with Crippen molar-refractivity contribution in [3.05, 3.63) is 162 Å². The number of thiazole rings is 1. The lowest BCUT2D eigenvalue weighted by Gasteiger charge is -2.26. The van der Waals surface area contributed by atoms with Crippen LogP contribution in [-0.4, -0.2) is 23.1 Å². The molecule has 1 atom stereocenters. The average molecular weight is 640 g/mol. The molecule has 0 saturated carbocycles. The number of carbonyl (C=O) groups is 2. The summed E-state index contributed by atoms with van der Waals surface area (Å²) in [5, 5.41) is 0. The Balaban J connectivity index is 1.50. The number of hydrogen-bond acceptors (Lipinski definition) is 6. The Labute approximate surface area is 276 Å². The first-order valence-electron chi connectivity index (χ1n) is 15.7. The summed E-state index contributed by atoms with van der Waals surface area (Å²) in [6.07, 6.45) is 0. The smallest absolute Gasteiger partial charge is 0.338 e. The molecule has 4 aromatic carbocycles. The maximum absolute atomic E-state index is 14.7. The second-order valence-electron chi connectivity index (χ2n) is 11.8. The van der Waals surface area contributed by atoms with Crippen molar-refractivity contribution in [3.63, 3.8) is 0 Å². The second kappa shape index (κ2) is 12.5. The van der Waals surface area contributed by atoms with Crippen LogP contribution in [0, 0.1) is 0 Å². The first-order valence-corrected chi connectivity index (χ1v) is 16.5. The largest absolute Gasteiger partial charge is 0.463 e. The summed E-state index contributed by atoms with van der Waals surface area (Å²) in [6, 6.07) is 34.0. The van der Waals surface area contributed by atoms with Gasteiger partial charge >= 0.3 is 5.97 Å². The minimum atomic E-state index is -0.816. The van der Waals surface area contributed by atoms with Gasteiger partial charge in [0.25, 0.3) is 11.5 Å². The molecule has 0 spiro atoms. The van der Waals surface area contributed by atoms with E-state index in [-0.39, 0.29) is 28.2 Å². The number of nitrogens with zero attached hydrogens (tertiary/aromatic N) is 3. The number of esters is 1. The highest BCUT2D eigenvalue weighted by atomic mass is 32.1. The molecule has 47 heavy (non-hydrogen) atoms. The molecule has 5 aromatic rings. The van der Waals surface area contributed by atoms with Crippen LogP contribution < -0.4 is 19.8 Å². The van der Waals surface area contributed by atoms with Gasteiger partial charge in [0, 0.05) is 11.1 Å². The third-order valence-electron chi connectivity index (χ3n) is 8.60. The molecule has 7 nitrogen and oxygen atoms in total. The summed E-state index contributed by atoms with van der Waals surface area (Å²) in [7, 11) is 0. The van der Waals surface area contributed by atoms with Gasteiger partial charge in [-0.15, -0.1) is 0 Å². The Kier molecular flexibility index (Phi) is 8.03. The van der Waals surface area contributed by atoms with Crippen LogP contribution in [0.15, 0.2) is 125 Å². The van der Waals surface area contributed by atoms with Gasteiger partial charge in [0.1, 0.15) is 4.53 Å². The predicted octanol–water partition coefficient (Wildman–Crippen LogP) is 5.98. The molecule has 0 unspecified atom stereocenters. The summed E-state index contributed by atoms with van der Waals surface area (Å²) < 4.78 is 7.46. The van der Waals surface area contributed by atoms with Gasteiger partial charge in [0.2, 0.25) is 0 Å². The Morgan fingerprint density at radius 2 is 1.53 bits per heavy atom. The van der Waals surface area contributed by atoms with Crippen LogP contribution in [-0.2, 0) is 20.9 Å². The van der Waals surface area contributed by atoms with Crippen molar-refractivity contribution in [1.82, 2.24) is 4.57 Å². The van der Waals surface area contributed by atoms with E-state index < -0.39 is 12.0 Å². The van der Waals surface area contributed by atoms with Gasteiger partial charge in [-0.1, -0.05) is 128 Å². The van der Waals surface area contributed by atoms with Crippen molar-refractivity contribution in [1.29, 1.82) is 0 Å². The number of hydrogen-bond donors (Lipinski definition) is 0. The molecule has 2 aliphatic rings. The fourth-order valence-corrected chi connectivity index (χ4v) is 7.38. The highest BCUT2D eigenvalue weighted by Gasteiger charge is 2.38. The number of amides is 1. The van der Waals surface area contributed by atoms with E-state index in [0.29, 0.717) is 34.1 Å². The third kappa shape index (κ3) is 5.34. The van der Waals surface area contributed by atoms with E-state index in [4.69, 9.17) is 9.73 Å². The molecule has 7 rings (SSSR count). The Hall–Kier alpha value is -5.34. The molecule has 1 aromatic heterocycles. The molecular weight excluding hydrogens is 607 g/mol. The van der Waals surface area contributed by atoms with Gasteiger partial charge in [0.05, 0.1) is 41.7 Å². The number of ether oxygens (including phenoxy) is 1. The zero-order valence-corrected chi connectivity index (χ0v) is 27.2. The summed E-state index contributed by atoms with van der Waals surface area (Å²) in [5.41, 5.74) is 5.75. The summed E-state index contributed by atoms with van der Waals surface area (Å²) >= 11 is 1.18. The average Bonchev–Trinajstić information content (AvgIpc) is 3.56. The molecule has 0 saturated heterocycles. The van der Waals surface area contributed by atoms with Crippen molar-refractivity contribution in [2.45, 2.75) is 39.3 Å². The molecule has 0 bridgehead atoms. The maximum atomic E-state index is 14.7. The molecule has 2 aliphatic heterocycles. The van der Waals surface area contributed by atoms with E-state index in [1.165, 1.54) is 11.3 Å². The monoisotopic (exact) mass is 639 g/mol. The predicted molar refractivity (Wildman–Crippen MR) is 185 cm³/mol. The number of rotatable bonds is 7. The molecule has 0 aliphatic carbocycles. The first-order chi connectivity index (χ1) is 22.9. The number of fused-ring (bicyclic) bond motifs is 2. The lowest BCUT2D eigenvalue weighted by Crippen LogP contribution is -2.41. The lowest BCUT2D eigenvalue weighted by atomic mass is 9.91. The first kappa shape index (κ1) is 30.3. The molecule has 234 valence electrons. The second-order valence-corrected chi connectivity index (χ2v) is 12.8. The van der Waals surface area contributed by atoms with Crippen LogP contribution >= 0.6 is 11.3 Å². The molecule has 8 heteroatoms. The van der Waals surface area contributed by atoms with Gasteiger partial charge in [-0.3, -0.25) is 14.2 Å². The van der Waals surface area contributed by atoms with Crippen LogP contribution in [0.5, 0.6) is 0 Å². The summed E-state index contributed by atoms with van der Waals surface area (Å²) in [5.74, 6) is -0.478. The minimum absolute atomic E-state index is 0.167.